The molecule has 0 radical (unpaired) electrons. The van der Waals surface area contributed by atoms with Crippen LogP contribution in [0.5, 0.6) is 0 Å². The van der Waals surface area contributed by atoms with E-state index in [1.54, 1.807) is 0 Å². The maximum atomic E-state index is 11.6. The Labute approximate surface area is 79.2 Å². The van der Waals surface area contributed by atoms with Crippen LogP contribution in [-0.4, -0.2) is 30.5 Å². The van der Waals surface area contributed by atoms with Crippen molar-refractivity contribution in [2.45, 2.75) is 19.5 Å². The van der Waals surface area contributed by atoms with E-state index in [9.17, 15) is 18.0 Å². The molecule has 0 aromatic carbocycles. The number of alkyl halides is 3. The number of halogens is 3. The third-order valence-electron chi connectivity index (χ3n) is 1.37. The summed E-state index contributed by atoms with van der Waals surface area (Å²) in [4.78, 5) is 10.2. The Morgan fingerprint density at radius 1 is 1.50 bits per heavy atom. The predicted octanol–water partition coefficient (Wildman–Crippen LogP) is 1.99. The molecule has 0 saturated heterocycles. The summed E-state index contributed by atoms with van der Waals surface area (Å²) in [7, 11) is 0. The first-order chi connectivity index (χ1) is 6.33. The van der Waals surface area contributed by atoms with E-state index in [1.807, 2.05) is 0 Å². The highest BCUT2D eigenvalue weighted by atomic mass is 19.4. The van der Waals surface area contributed by atoms with Crippen molar-refractivity contribution in [3.8, 4) is 0 Å². The zero-order chi connectivity index (χ0) is 11.2. The van der Waals surface area contributed by atoms with E-state index in [0.717, 1.165) is 0 Å². The van der Waals surface area contributed by atoms with Gasteiger partial charge in [-0.15, -0.1) is 0 Å². The second-order valence-corrected chi connectivity index (χ2v) is 2.63. The minimum absolute atomic E-state index is 0.0528. The Kier molecular flexibility index (Phi) is 5.22. The van der Waals surface area contributed by atoms with Crippen LogP contribution in [0.2, 0.25) is 0 Å². The Balaban J connectivity index is 3.57. The van der Waals surface area contributed by atoms with Crippen LogP contribution in [0.3, 0.4) is 0 Å². The summed E-state index contributed by atoms with van der Waals surface area (Å²) in [6.45, 7) is 0.774. The molecule has 82 valence electrons. The average molecular weight is 212 g/mol. The van der Waals surface area contributed by atoms with Crippen molar-refractivity contribution in [1.29, 1.82) is 0 Å². The molecular formula is C8H11F3O3. The molecule has 14 heavy (non-hydrogen) atoms. The molecule has 0 fully saturated rings. The van der Waals surface area contributed by atoms with Crippen LogP contribution in [0, 0.1) is 0 Å². The lowest BCUT2D eigenvalue weighted by Crippen LogP contribution is -2.11. The standard InChI is InChI=1S/C8H11F3O3/c1-6(7(12)13)2-4-14-5-3-8(9,10)11/h2H,3-5H2,1H3,(H,12,13). The third-order valence-corrected chi connectivity index (χ3v) is 1.37. The van der Waals surface area contributed by atoms with Crippen LogP contribution < -0.4 is 0 Å². The van der Waals surface area contributed by atoms with Crippen molar-refractivity contribution in [1.82, 2.24) is 0 Å². The van der Waals surface area contributed by atoms with Crippen LogP contribution in [0.1, 0.15) is 13.3 Å². The summed E-state index contributed by atoms with van der Waals surface area (Å²) in [6.07, 6.45) is -4.03. The molecule has 0 amide bonds. The Morgan fingerprint density at radius 2 is 2.07 bits per heavy atom. The van der Waals surface area contributed by atoms with Gasteiger partial charge >= 0.3 is 12.1 Å². The van der Waals surface area contributed by atoms with Crippen molar-refractivity contribution >= 4 is 5.97 Å². The monoisotopic (exact) mass is 212 g/mol. The minimum Gasteiger partial charge on any atom is -0.478 e. The van der Waals surface area contributed by atoms with Gasteiger partial charge in [0.1, 0.15) is 0 Å². The maximum absolute atomic E-state index is 11.6. The second-order valence-electron chi connectivity index (χ2n) is 2.63. The number of ether oxygens (including phenoxy) is 1. The number of rotatable bonds is 5. The molecule has 0 unspecified atom stereocenters. The smallest absolute Gasteiger partial charge is 0.391 e. The molecule has 1 N–H and O–H groups in total. The first kappa shape index (κ1) is 13.0. The van der Waals surface area contributed by atoms with E-state index >= 15 is 0 Å². The second kappa shape index (κ2) is 5.64. The number of carboxylic acid groups (broad SMARTS) is 1. The lowest BCUT2D eigenvalue weighted by molar-refractivity contribution is -0.144. The normalized spacial score (nSPS) is 13.0. The third kappa shape index (κ3) is 7.60. The highest BCUT2D eigenvalue weighted by molar-refractivity contribution is 5.85. The van der Waals surface area contributed by atoms with Crippen molar-refractivity contribution < 1.29 is 27.8 Å². The summed E-state index contributed by atoms with van der Waals surface area (Å²) in [5.41, 5.74) is 0.0528. The molecule has 0 aliphatic rings. The van der Waals surface area contributed by atoms with Crippen LogP contribution in [0.15, 0.2) is 11.6 Å². The zero-order valence-corrected chi connectivity index (χ0v) is 7.60. The van der Waals surface area contributed by atoms with Gasteiger partial charge in [0.15, 0.2) is 0 Å². The van der Waals surface area contributed by atoms with E-state index in [1.165, 1.54) is 13.0 Å². The summed E-state index contributed by atoms with van der Waals surface area (Å²) < 4.78 is 39.3. The van der Waals surface area contributed by atoms with Crippen LogP contribution in [-0.2, 0) is 9.53 Å². The topological polar surface area (TPSA) is 46.5 Å². The molecule has 0 heterocycles. The molecule has 0 rings (SSSR count). The largest absolute Gasteiger partial charge is 0.478 e. The van der Waals surface area contributed by atoms with Crippen LogP contribution >= 0.6 is 0 Å². The van der Waals surface area contributed by atoms with Crippen molar-refractivity contribution in [2.75, 3.05) is 13.2 Å². The van der Waals surface area contributed by atoms with Gasteiger partial charge in [-0.25, -0.2) is 4.79 Å². The number of aliphatic carboxylic acids is 1. The fraction of sp³-hybridized carbons (Fsp3) is 0.625. The molecule has 0 bridgehead atoms. The first-order valence-corrected chi connectivity index (χ1v) is 3.87. The summed E-state index contributed by atoms with van der Waals surface area (Å²) in [5.74, 6) is -1.11. The number of carboxylic acids is 1. The molecule has 6 heteroatoms. The highest BCUT2D eigenvalue weighted by Crippen LogP contribution is 2.18. The van der Waals surface area contributed by atoms with Crippen molar-refractivity contribution in [3.63, 3.8) is 0 Å². The Morgan fingerprint density at radius 3 is 2.50 bits per heavy atom. The molecule has 0 aromatic heterocycles. The van der Waals surface area contributed by atoms with Crippen LogP contribution in [0.4, 0.5) is 13.2 Å². The molecular weight excluding hydrogens is 201 g/mol. The van der Waals surface area contributed by atoms with E-state index in [2.05, 4.69) is 4.74 Å². The Bertz CT molecular complexity index is 220. The van der Waals surface area contributed by atoms with Gasteiger partial charge in [-0.05, 0) is 13.0 Å². The molecule has 0 atom stereocenters. The van der Waals surface area contributed by atoms with Crippen molar-refractivity contribution in [2.24, 2.45) is 0 Å². The highest BCUT2D eigenvalue weighted by Gasteiger charge is 2.26. The lowest BCUT2D eigenvalue weighted by atomic mass is 10.3. The van der Waals surface area contributed by atoms with Gasteiger partial charge in [0.25, 0.3) is 0 Å². The van der Waals surface area contributed by atoms with Gasteiger partial charge in [0.05, 0.1) is 19.6 Å². The SMILES string of the molecule is CC(=CCOCCC(F)(F)F)C(=O)O. The fourth-order valence-corrected chi connectivity index (χ4v) is 0.542. The van der Waals surface area contributed by atoms with E-state index < -0.39 is 25.2 Å². The average Bonchev–Trinajstić information content (AvgIpc) is 2.01. The van der Waals surface area contributed by atoms with Gasteiger partial charge < -0.3 is 9.84 Å². The molecule has 0 aliphatic carbocycles. The van der Waals surface area contributed by atoms with Gasteiger partial charge in [-0.3, -0.25) is 0 Å². The van der Waals surface area contributed by atoms with Crippen molar-refractivity contribution in [3.05, 3.63) is 11.6 Å². The molecule has 0 aliphatic heterocycles. The predicted molar refractivity (Wildman–Crippen MR) is 42.9 cm³/mol. The van der Waals surface area contributed by atoms with E-state index in [-0.39, 0.29) is 12.2 Å². The summed E-state index contributed by atoms with van der Waals surface area (Å²) >= 11 is 0. The van der Waals surface area contributed by atoms with Crippen LogP contribution in [0.25, 0.3) is 0 Å². The zero-order valence-electron chi connectivity index (χ0n) is 7.60. The van der Waals surface area contributed by atoms with E-state index in [4.69, 9.17) is 5.11 Å². The number of hydrogen-bond acceptors (Lipinski definition) is 2. The van der Waals surface area contributed by atoms with Gasteiger partial charge in [-0.1, -0.05) is 0 Å². The maximum Gasteiger partial charge on any atom is 0.391 e. The van der Waals surface area contributed by atoms with Gasteiger partial charge in [0, 0.05) is 5.57 Å². The van der Waals surface area contributed by atoms with E-state index in [0.29, 0.717) is 0 Å². The minimum atomic E-state index is -4.23. The quantitative estimate of drug-likeness (QED) is 0.560. The Hall–Kier alpha value is -1.04. The number of hydrogen-bond donors (Lipinski definition) is 1. The molecule has 0 saturated carbocycles. The summed E-state index contributed by atoms with van der Waals surface area (Å²) in [6, 6.07) is 0. The van der Waals surface area contributed by atoms with Gasteiger partial charge in [0.2, 0.25) is 0 Å². The molecule has 0 spiro atoms. The number of carbonyl (C=O) groups is 1. The lowest BCUT2D eigenvalue weighted by Gasteiger charge is -2.05. The molecule has 0 aromatic rings. The van der Waals surface area contributed by atoms with Gasteiger partial charge in [-0.2, -0.15) is 13.2 Å². The summed E-state index contributed by atoms with van der Waals surface area (Å²) in [5, 5.41) is 8.36. The molecule has 3 nitrogen and oxygen atoms in total. The first-order valence-electron chi connectivity index (χ1n) is 3.87. The fourth-order valence-electron chi connectivity index (χ4n) is 0.542.